The molecule has 0 aromatic heterocycles. The molecule has 5 nitrogen and oxygen atoms in total. The normalized spacial score (nSPS) is 19.1. The fourth-order valence-corrected chi connectivity index (χ4v) is 3.72. The van der Waals surface area contributed by atoms with Crippen molar-refractivity contribution in [1.82, 2.24) is 5.32 Å². The zero-order valence-electron chi connectivity index (χ0n) is 14.8. The first-order chi connectivity index (χ1) is 12.8. The van der Waals surface area contributed by atoms with Crippen molar-refractivity contribution in [2.24, 2.45) is 0 Å². The van der Waals surface area contributed by atoms with E-state index < -0.39 is 0 Å². The molecule has 4 rings (SSSR count). The molecule has 0 unspecified atom stereocenters. The molecule has 1 spiro atoms. The Labute approximate surface area is 154 Å². The number of ether oxygens (including phenoxy) is 2. The van der Waals surface area contributed by atoms with Gasteiger partial charge in [0, 0.05) is 31.9 Å². The summed E-state index contributed by atoms with van der Waals surface area (Å²) in [5, 5.41) is 3.45. The third-order valence-electron chi connectivity index (χ3n) is 5.20. The van der Waals surface area contributed by atoms with E-state index in [1.54, 1.807) is 0 Å². The number of nitrogens with one attached hydrogen (secondary N) is 1. The van der Waals surface area contributed by atoms with Gasteiger partial charge >= 0.3 is 0 Å². The first kappa shape index (κ1) is 16.9. The van der Waals surface area contributed by atoms with E-state index in [9.17, 15) is 0 Å². The van der Waals surface area contributed by atoms with Gasteiger partial charge in [-0.05, 0) is 37.1 Å². The smallest absolute Gasteiger partial charge is 0.210 e. The minimum absolute atomic E-state index is 0.0365. The predicted molar refractivity (Wildman–Crippen MR) is 102 cm³/mol. The van der Waals surface area contributed by atoms with Gasteiger partial charge < -0.3 is 19.7 Å². The van der Waals surface area contributed by atoms with E-state index in [1.165, 1.54) is 0 Å². The van der Waals surface area contributed by atoms with Crippen LogP contribution in [-0.2, 0) is 4.74 Å². The summed E-state index contributed by atoms with van der Waals surface area (Å²) >= 11 is 0. The summed E-state index contributed by atoms with van der Waals surface area (Å²) in [4.78, 5) is 5.99. The van der Waals surface area contributed by atoms with Gasteiger partial charge in [-0.1, -0.05) is 24.3 Å². The van der Waals surface area contributed by atoms with Crippen LogP contribution < -0.4 is 15.0 Å². The Hall–Kier alpha value is -2.55. The van der Waals surface area contributed by atoms with Gasteiger partial charge in [-0.3, -0.25) is 0 Å². The number of hydrogen-bond acceptors (Lipinski definition) is 4. The van der Waals surface area contributed by atoms with E-state index in [4.69, 9.17) is 16.0 Å². The van der Waals surface area contributed by atoms with E-state index in [0.717, 1.165) is 62.8 Å². The summed E-state index contributed by atoms with van der Waals surface area (Å²) in [6, 6.07) is 15.4. The Bertz CT molecular complexity index is 785. The third kappa shape index (κ3) is 3.52. The van der Waals surface area contributed by atoms with Gasteiger partial charge in [0.05, 0.1) is 18.8 Å². The van der Waals surface area contributed by atoms with Crippen LogP contribution in [0.1, 0.15) is 12.8 Å². The molecule has 2 aromatic carbocycles. The predicted octanol–water partition coefficient (Wildman–Crippen LogP) is 3.99. The van der Waals surface area contributed by atoms with Crippen LogP contribution in [-0.4, -0.2) is 38.4 Å². The number of hydrogen-bond donors (Lipinski definition) is 1. The second kappa shape index (κ2) is 7.36. The molecule has 0 bridgehead atoms. The average Bonchev–Trinajstić information content (AvgIpc) is 2.70. The van der Waals surface area contributed by atoms with Crippen molar-refractivity contribution in [3.63, 3.8) is 0 Å². The summed E-state index contributed by atoms with van der Waals surface area (Å²) in [6.07, 6.45) is 1.95. The molecule has 2 saturated heterocycles. The molecule has 0 amide bonds. The standard InChI is InChI=1S/C21H23N3O2/c1-22-19-8-7-18(26-17-5-3-2-4-6-17)15-20(19)24-12-9-21(10-13-24)16-23-11-14-25-21/h2-8,15,23H,9-14,16H2. The highest BCUT2D eigenvalue weighted by Gasteiger charge is 2.37. The van der Waals surface area contributed by atoms with Crippen molar-refractivity contribution < 1.29 is 9.47 Å². The zero-order chi connectivity index (χ0) is 17.8. The summed E-state index contributed by atoms with van der Waals surface area (Å²) in [5.74, 6) is 1.56. The fraction of sp³-hybridized carbons (Fsp3) is 0.381. The van der Waals surface area contributed by atoms with Crippen molar-refractivity contribution in [3.05, 3.63) is 59.9 Å². The minimum atomic E-state index is -0.0365. The second-order valence-corrected chi connectivity index (χ2v) is 6.87. The van der Waals surface area contributed by atoms with Crippen LogP contribution in [0.3, 0.4) is 0 Å². The van der Waals surface area contributed by atoms with Crippen molar-refractivity contribution in [2.45, 2.75) is 18.4 Å². The molecule has 0 atom stereocenters. The van der Waals surface area contributed by atoms with E-state index in [0.29, 0.717) is 5.69 Å². The molecule has 2 aliphatic rings. The molecule has 0 aliphatic carbocycles. The van der Waals surface area contributed by atoms with Gasteiger partial charge in [0.1, 0.15) is 11.5 Å². The lowest BCUT2D eigenvalue weighted by atomic mass is 9.89. The third-order valence-corrected chi connectivity index (χ3v) is 5.20. The number of rotatable bonds is 3. The van der Waals surface area contributed by atoms with Crippen LogP contribution in [0.25, 0.3) is 4.85 Å². The van der Waals surface area contributed by atoms with Gasteiger partial charge in [-0.2, -0.15) is 0 Å². The molecule has 2 aromatic rings. The van der Waals surface area contributed by atoms with Gasteiger partial charge in [-0.25, -0.2) is 4.85 Å². The van der Waals surface area contributed by atoms with Crippen molar-refractivity contribution in [2.75, 3.05) is 37.7 Å². The Kier molecular flexibility index (Phi) is 4.79. The van der Waals surface area contributed by atoms with Crippen LogP contribution in [0.2, 0.25) is 0 Å². The van der Waals surface area contributed by atoms with Gasteiger partial charge in [0.25, 0.3) is 0 Å². The Balaban J connectivity index is 1.52. The summed E-state index contributed by atoms with van der Waals surface area (Å²) in [7, 11) is 0. The molecule has 0 radical (unpaired) electrons. The highest BCUT2D eigenvalue weighted by molar-refractivity contribution is 5.73. The van der Waals surface area contributed by atoms with Crippen molar-refractivity contribution in [3.8, 4) is 11.5 Å². The maximum atomic E-state index is 7.51. The molecule has 134 valence electrons. The first-order valence-electron chi connectivity index (χ1n) is 9.12. The van der Waals surface area contributed by atoms with Crippen LogP contribution >= 0.6 is 0 Å². The number of piperidine rings is 1. The summed E-state index contributed by atoms with van der Waals surface area (Å²) in [6.45, 7) is 11.9. The van der Waals surface area contributed by atoms with Gasteiger partial charge in [0.15, 0.2) is 0 Å². The minimum Gasteiger partial charge on any atom is -0.457 e. The number of para-hydroxylation sites is 1. The first-order valence-corrected chi connectivity index (χ1v) is 9.12. The van der Waals surface area contributed by atoms with Crippen molar-refractivity contribution in [1.29, 1.82) is 0 Å². The van der Waals surface area contributed by atoms with E-state index in [1.807, 2.05) is 48.5 Å². The topological polar surface area (TPSA) is 38.1 Å². The number of morpholine rings is 1. The highest BCUT2D eigenvalue weighted by atomic mass is 16.5. The number of benzene rings is 2. The van der Waals surface area contributed by atoms with Crippen LogP contribution in [0, 0.1) is 6.57 Å². The average molecular weight is 349 g/mol. The molecule has 2 heterocycles. The number of nitrogens with zero attached hydrogens (tertiary/aromatic N) is 2. The summed E-state index contributed by atoms with van der Waals surface area (Å²) in [5.41, 5.74) is 1.58. The lowest BCUT2D eigenvalue weighted by Crippen LogP contribution is -2.55. The van der Waals surface area contributed by atoms with E-state index in [-0.39, 0.29) is 5.60 Å². The number of anilines is 1. The van der Waals surface area contributed by atoms with Crippen LogP contribution in [0.5, 0.6) is 11.5 Å². The SMILES string of the molecule is [C-]#[N+]c1ccc(Oc2ccccc2)cc1N1CCC2(CC1)CNCCO2. The molecule has 5 heteroatoms. The maximum absolute atomic E-state index is 7.51. The molecular formula is C21H23N3O2. The lowest BCUT2D eigenvalue weighted by Gasteiger charge is -2.45. The Morgan fingerprint density at radius 1 is 1.08 bits per heavy atom. The molecular weight excluding hydrogens is 326 g/mol. The molecule has 0 saturated carbocycles. The van der Waals surface area contributed by atoms with Gasteiger partial charge in [-0.15, -0.1) is 0 Å². The zero-order valence-corrected chi connectivity index (χ0v) is 14.8. The van der Waals surface area contributed by atoms with Crippen molar-refractivity contribution >= 4 is 11.4 Å². The second-order valence-electron chi connectivity index (χ2n) is 6.87. The lowest BCUT2D eigenvalue weighted by molar-refractivity contribution is -0.0799. The van der Waals surface area contributed by atoms with Gasteiger partial charge in [0.2, 0.25) is 5.69 Å². The maximum Gasteiger partial charge on any atom is 0.210 e. The quantitative estimate of drug-likeness (QED) is 0.851. The summed E-state index contributed by atoms with van der Waals surface area (Å²) < 4.78 is 12.0. The molecule has 1 N–H and O–H groups in total. The van der Waals surface area contributed by atoms with Crippen LogP contribution in [0.4, 0.5) is 11.4 Å². The molecule has 2 aliphatic heterocycles. The highest BCUT2D eigenvalue weighted by Crippen LogP contribution is 2.38. The Morgan fingerprint density at radius 2 is 1.88 bits per heavy atom. The fourth-order valence-electron chi connectivity index (χ4n) is 3.72. The van der Waals surface area contributed by atoms with E-state index >= 15 is 0 Å². The molecule has 26 heavy (non-hydrogen) atoms. The van der Waals surface area contributed by atoms with Crippen LogP contribution in [0.15, 0.2) is 48.5 Å². The largest absolute Gasteiger partial charge is 0.457 e. The van der Waals surface area contributed by atoms with E-state index in [2.05, 4.69) is 15.1 Å². The Morgan fingerprint density at radius 3 is 2.58 bits per heavy atom. The molecule has 2 fully saturated rings. The monoisotopic (exact) mass is 349 g/mol.